The van der Waals surface area contributed by atoms with Crippen LogP contribution in [0.25, 0.3) is 0 Å². The minimum Gasteiger partial charge on any atom is -0.338 e. The molecule has 0 bridgehead atoms. The molecule has 88 valence electrons. The number of amides is 2. The molecule has 1 fully saturated rings. The summed E-state index contributed by atoms with van der Waals surface area (Å²) in [6, 6.07) is 0.600. The van der Waals surface area contributed by atoms with Crippen molar-refractivity contribution in [1.29, 1.82) is 0 Å². The molecule has 0 aromatic carbocycles. The first-order chi connectivity index (χ1) is 7.19. The van der Waals surface area contributed by atoms with E-state index in [9.17, 15) is 4.79 Å². The Bertz CT molecular complexity index is 208. The number of hydrogen-bond acceptors (Lipinski definition) is 2. The van der Waals surface area contributed by atoms with E-state index in [1.54, 1.807) is 4.90 Å². The smallest absolute Gasteiger partial charge is 0.317 e. The Morgan fingerprint density at radius 2 is 2.27 bits per heavy atom. The second-order valence-electron chi connectivity index (χ2n) is 4.14. The Morgan fingerprint density at radius 3 is 2.87 bits per heavy atom. The molecule has 0 saturated carbocycles. The van der Waals surface area contributed by atoms with Gasteiger partial charge in [0.2, 0.25) is 0 Å². The number of nitrogens with zero attached hydrogens (tertiary/aromatic N) is 2. The Kier molecular flexibility index (Phi) is 4.88. The van der Waals surface area contributed by atoms with Gasteiger partial charge in [-0.05, 0) is 32.9 Å². The van der Waals surface area contributed by atoms with Gasteiger partial charge in [0.1, 0.15) is 0 Å². The summed E-state index contributed by atoms with van der Waals surface area (Å²) >= 11 is 0. The van der Waals surface area contributed by atoms with Crippen LogP contribution in [0.3, 0.4) is 0 Å². The Labute approximate surface area is 92.6 Å². The molecule has 0 spiro atoms. The van der Waals surface area contributed by atoms with E-state index in [2.05, 4.69) is 17.1 Å². The van der Waals surface area contributed by atoms with Gasteiger partial charge in [0.15, 0.2) is 0 Å². The average Bonchev–Trinajstić information content (AvgIpc) is 2.65. The fourth-order valence-electron chi connectivity index (χ4n) is 2.20. The lowest BCUT2D eigenvalue weighted by atomic mass is 10.2. The normalized spacial score (nSPS) is 21.7. The van der Waals surface area contributed by atoms with Crippen LogP contribution in [0.15, 0.2) is 0 Å². The van der Waals surface area contributed by atoms with Crippen molar-refractivity contribution in [2.75, 3.05) is 33.2 Å². The van der Waals surface area contributed by atoms with Crippen molar-refractivity contribution >= 4 is 6.03 Å². The van der Waals surface area contributed by atoms with Crippen LogP contribution in [0, 0.1) is 0 Å². The predicted molar refractivity (Wildman–Crippen MR) is 62.0 cm³/mol. The highest BCUT2D eigenvalue weighted by molar-refractivity contribution is 5.73. The van der Waals surface area contributed by atoms with Gasteiger partial charge in [0, 0.05) is 26.2 Å². The third kappa shape index (κ3) is 3.38. The third-order valence-corrected chi connectivity index (χ3v) is 3.06. The third-order valence-electron chi connectivity index (χ3n) is 3.06. The zero-order chi connectivity index (χ0) is 11.3. The first-order valence-corrected chi connectivity index (χ1v) is 5.92. The highest BCUT2D eigenvalue weighted by atomic mass is 16.2. The first-order valence-electron chi connectivity index (χ1n) is 5.92. The number of carbonyl (C=O) groups excluding carboxylic acids is 1. The molecule has 2 amide bonds. The summed E-state index contributed by atoms with van der Waals surface area (Å²) in [4.78, 5) is 15.8. The second-order valence-corrected chi connectivity index (χ2v) is 4.14. The molecule has 4 nitrogen and oxygen atoms in total. The lowest BCUT2D eigenvalue weighted by molar-refractivity contribution is 0.182. The first kappa shape index (κ1) is 12.3. The van der Waals surface area contributed by atoms with Crippen LogP contribution in [0.1, 0.15) is 26.7 Å². The average molecular weight is 213 g/mol. The maximum Gasteiger partial charge on any atom is 0.317 e. The SMILES string of the molecule is CCNC(=O)N(C)CC1CCCN1CC. The van der Waals surface area contributed by atoms with E-state index in [1.807, 2.05) is 14.0 Å². The lowest BCUT2D eigenvalue weighted by Crippen LogP contribution is -2.44. The Hall–Kier alpha value is -0.770. The van der Waals surface area contributed by atoms with Crippen molar-refractivity contribution < 1.29 is 4.79 Å². The van der Waals surface area contributed by atoms with Crippen LogP contribution in [-0.2, 0) is 0 Å². The van der Waals surface area contributed by atoms with Gasteiger partial charge in [-0.2, -0.15) is 0 Å². The highest BCUT2D eigenvalue weighted by Crippen LogP contribution is 2.17. The molecule has 0 aromatic rings. The van der Waals surface area contributed by atoms with Crippen LogP contribution >= 0.6 is 0 Å². The Morgan fingerprint density at radius 1 is 1.53 bits per heavy atom. The largest absolute Gasteiger partial charge is 0.338 e. The topological polar surface area (TPSA) is 35.6 Å². The van der Waals surface area contributed by atoms with Crippen LogP contribution in [0.5, 0.6) is 0 Å². The number of urea groups is 1. The molecule has 1 rings (SSSR count). The van der Waals surface area contributed by atoms with Crippen molar-refractivity contribution in [3.8, 4) is 0 Å². The van der Waals surface area contributed by atoms with E-state index in [-0.39, 0.29) is 6.03 Å². The van der Waals surface area contributed by atoms with Crippen molar-refractivity contribution in [1.82, 2.24) is 15.1 Å². The van der Waals surface area contributed by atoms with Gasteiger partial charge < -0.3 is 10.2 Å². The van der Waals surface area contributed by atoms with Gasteiger partial charge in [-0.25, -0.2) is 4.79 Å². The Balaban J connectivity index is 2.36. The summed E-state index contributed by atoms with van der Waals surface area (Å²) < 4.78 is 0. The van der Waals surface area contributed by atoms with E-state index in [1.165, 1.54) is 19.4 Å². The maximum absolute atomic E-state index is 11.5. The van der Waals surface area contributed by atoms with E-state index < -0.39 is 0 Å². The minimum absolute atomic E-state index is 0.0421. The van der Waals surface area contributed by atoms with Crippen molar-refractivity contribution in [3.05, 3.63) is 0 Å². The quantitative estimate of drug-likeness (QED) is 0.760. The molecule has 1 saturated heterocycles. The minimum atomic E-state index is 0.0421. The van der Waals surface area contributed by atoms with Crippen LogP contribution < -0.4 is 5.32 Å². The van der Waals surface area contributed by atoms with Gasteiger partial charge in [0.05, 0.1) is 0 Å². The van der Waals surface area contributed by atoms with Crippen LogP contribution in [-0.4, -0.2) is 55.1 Å². The predicted octanol–water partition coefficient (Wildman–Crippen LogP) is 1.13. The number of carbonyl (C=O) groups is 1. The summed E-state index contributed by atoms with van der Waals surface area (Å²) in [5.74, 6) is 0. The molecule has 15 heavy (non-hydrogen) atoms. The summed E-state index contributed by atoms with van der Waals surface area (Å²) in [5, 5.41) is 2.82. The molecule has 0 aliphatic carbocycles. The molecule has 1 heterocycles. The second kappa shape index (κ2) is 5.95. The summed E-state index contributed by atoms with van der Waals surface area (Å²) in [6.45, 7) is 7.95. The highest BCUT2D eigenvalue weighted by Gasteiger charge is 2.25. The molecule has 1 N–H and O–H groups in total. The molecule has 1 aliphatic rings. The van der Waals surface area contributed by atoms with E-state index >= 15 is 0 Å². The maximum atomic E-state index is 11.5. The van der Waals surface area contributed by atoms with E-state index in [0.29, 0.717) is 12.6 Å². The summed E-state index contributed by atoms with van der Waals surface area (Å²) in [5.41, 5.74) is 0. The lowest BCUT2D eigenvalue weighted by Gasteiger charge is -2.27. The zero-order valence-electron chi connectivity index (χ0n) is 10.1. The molecule has 4 heteroatoms. The molecule has 1 atom stereocenters. The molecule has 0 aromatic heterocycles. The van der Waals surface area contributed by atoms with Crippen LogP contribution in [0.2, 0.25) is 0 Å². The number of nitrogens with one attached hydrogen (secondary N) is 1. The zero-order valence-corrected chi connectivity index (χ0v) is 10.1. The molecular formula is C11H23N3O. The van der Waals surface area contributed by atoms with Gasteiger partial charge in [0.25, 0.3) is 0 Å². The number of likely N-dealkylation sites (N-methyl/N-ethyl adjacent to an activating group) is 2. The van der Waals surface area contributed by atoms with Gasteiger partial charge in [-0.15, -0.1) is 0 Å². The fourth-order valence-corrected chi connectivity index (χ4v) is 2.20. The molecular weight excluding hydrogens is 190 g/mol. The van der Waals surface area contributed by atoms with Gasteiger partial charge >= 0.3 is 6.03 Å². The van der Waals surface area contributed by atoms with E-state index in [0.717, 1.165) is 13.1 Å². The fraction of sp³-hybridized carbons (Fsp3) is 0.909. The van der Waals surface area contributed by atoms with Gasteiger partial charge in [-0.1, -0.05) is 6.92 Å². The number of hydrogen-bond donors (Lipinski definition) is 1. The monoisotopic (exact) mass is 213 g/mol. The van der Waals surface area contributed by atoms with Crippen molar-refractivity contribution in [3.63, 3.8) is 0 Å². The van der Waals surface area contributed by atoms with Crippen molar-refractivity contribution in [2.45, 2.75) is 32.7 Å². The molecule has 1 unspecified atom stereocenters. The van der Waals surface area contributed by atoms with E-state index in [4.69, 9.17) is 0 Å². The number of rotatable bonds is 4. The standard InChI is InChI=1S/C11H23N3O/c1-4-12-11(15)13(3)9-10-7-6-8-14(10)5-2/h10H,4-9H2,1-3H3,(H,12,15). The summed E-state index contributed by atoms with van der Waals surface area (Å²) in [6.07, 6.45) is 2.49. The molecule has 0 radical (unpaired) electrons. The van der Waals surface area contributed by atoms with Gasteiger partial charge in [-0.3, -0.25) is 4.90 Å². The van der Waals surface area contributed by atoms with Crippen molar-refractivity contribution in [2.24, 2.45) is 0 Å². The van der Waals surface area contributed by atoms with Crippen LogP contribution in [0.4, 0.5) is 4.79 Å². The molecule has 1 aliphatic heterocycles. The summed E-state index contributed by atoms with van der Waals surface area (Å²) in [7, 11) is 1.87. The number of likely N-dealkylation sites (tertiary alicyclic amines) is 1.